The molecule has 0 bridgehead atoms. The van der Waals surface area contributed by atoms with Gasteiger partial charge < -0.3 is 15.4 Å². The minimum absolute atomic E-state index is 0.115. The van der Waals surface area contributed by atoms with Crippen molar-refractivity contribution in [3.8, 4) is 0 Å². The topological polar surface area (TPSA) is 115 Å². The molecular formula is C22H28N6O3. The smallest absolute Gasteiger partial charge is 0.258 e. The Morgan fingerprint density at radius 2 is 2.06 bits per heavy atom. The lowest BCUT2D eigenvalue weighted by Crippen LogP contribution is -2.27. The number of pyridine rings is 1. The van der Waals surface area contributed by atoms with E-state index >= 15 is 0 Å². The van der Waals surface area contributed by atoms with Crippen LogP contribution < -0.4 is 11.1 Å². The van der Waals surface area contributed by atoms with Crippen molar-refractivity contribution in [2.24, 2.45) is 0 Å². The number of aromatic nitrogens is 3. The molecule has 1 aromatic carbocycles. The predicted octanol–water partition coefficient (Wildman–Crippen LogP) is 2.78. The van der Waals surface area contributed by atoms with Crippen molar-refractivity contribution in [1.29, 1.82) is 0 Å². The third-order valence-electron chi connectivity index (χ3n) is 4.84. The zero-order valence-electron chi connectivity index (χ0n) is 18.1. The van der Waals surface area contributed by atoms with Gasteiger partial charge in [-0.3, -0.25) is 19.5 Å². The quantitative estimate of drug-likeness (QED) is 0.403. The monoisotopic (exact) mass is 424 g/mol. The minimum Gasteiger partial charge on any atom is -0.399 e. The Kier molecular flexibility index (Phi) is 7.19. The number of rotatable bonds is 9. The number of methoxy groups -OCH3 is 1. The standard InChI is InChI=1S/C22H28N6O3/c1-4-9-27(2)21(30)16-13-18-19(24-14-16)28(10-6-11-31-3)22(25-18)26-20(29)15-7-5-8-17(23)12-15/h5,7-8,12-14H,4,6,9-11,23H2,1-3H3,(H,25,26,29). The first-order valence-electron chi connectivity index (χ1n) is 10.2. The van der Waals surface area contributed by atoms with Crippen molar-refractivity contribution in [2.75, 3.05) is 38.4 Å². The molecule has 9 nitrogen and oxygen atoms in total. The largest absolute Gasteiger partial charge is 0.399 e. The maximum absolute atomic E-state index is 12.7. The van der Waals surface area contributed by atoms with Gasteiger partial charge in [0.1, 0.15) is 5.52 Å². The highest BCUT2D eigenvalue weighted by Crippen LogP contribution is 2.21. The third-order valence-corrected chi connectivity index (χ3v) is 4.84. The molecule has 0 atom stereocenters. The van der Waals surface area contributed by atoms with Gasteiger partial charge >= 0.3 is 0 Å². The summed E-state index contributed by atoms with van der Waals surface area (Å²) in [7, 11) is 3.40. The summed E-state index contributed by atoms with van der Waals surface area (Å²) < 4.78 is 6.97. The van der Waals surface area contributed by atoms with E-state index in [1.807, 2.05) is 11.5 Å². The second kappa shape index (κ2) is 10.0. The van der Waals surface area contributed by atoms with Gasteiger partial charge in [-0.2, -0.15) is 0 Å². The fourth-order valence-corrected chi connectivity index (χ4v) is 3.31. The van der Waals surface area contributed by atoms with E-state index in [9.17, 15) is 9.59 Å². The molecule has 31 heavy (non-hydrogen) atoms. The molecule has 0 radical (unpaired) electrons. The lowest BCUT2D eigenvalue weighted by Gasteiger charge is -2.15. The van der Waals surface area contributed by atoms with Crippen LogP contribution in [-0.4, -0.2) is 58.6 Å². The SMILES string of the molecule is CCCN(C)C(=O)c1cnc2c(c1)nc(NC(=O)c1cccc(N)c1)n2CCCOC. The van der Waals surface area contributed by atoms with Crippen LogP contribution >= 0.6 is 0 Å². The number of nitrogen functional groups attached to an aromatic ring is 1. The molecule has 164 valence electrons. The molecule has 9 heteroatoms. The fraction of sp³-hybridized carbons (Fsp3) is 0.364. The zero-order valence-corrected chi connectivity index (χ0v) is 18.1. The van der Waals surface area contributed by atoms with Crippen LogP contribution in [0, 0.1) is 0 Å². The number of imidazole rings is 1. The van der Waals surface area contributed by atoms with E-state index in [1.165, 1.54) is 0 Å². The second-order valence-corrected chi connectivity index (χ2v) is 7.31. The molecule has 0 aliphatic rings. The number of aryl methyl sites for hydroxylation is 1. The number of fused-ring (bicyclic) bond motifs is 1. The summed E-state index contributed by atoms with van der Waals surface area (Å²) in [6.45, 7) is 3.78. The van der Waals surface area contributed by atoms with Gasteiger partial charge in [0, 0.05) is 51.3 Å². The maximum atomic E-state index is 12.7. The number of nitrogens with two attached hydrogens (primary N) is 1. The Labute approximate surface area is 181 Å². The lowest BCUT2D eigenvalue weighted by atomic mass is 10.2. The van der Waals surface area contributed by atoms with Crippen LogP contribution in [0.1, 0.15) is 40.5 Å². The molecule has 3 rings (SSSR count). The van der Waals surface area contributed by atoms with E-state index in [2.05, 4.69) is 15.3 Å². The first-order valence-corrected chi connectivity index (χ1v) is 10.2. The fourth-order valence-electron chi connectivity index (χ4n) is 3.31. The number of hydrogen-bond donors (Lipinski definition) is 2. The van der Waals surface area contributed by atoms with Gasteiger partial charge in [-0.05, 0) is 37.1 Å². The van der Waals surface area contributed by atoms with Gasteiger partial charge in [0.2, 0.25) is 5.95 Å². The Hall–Kier alpha value is -3.46. The van der Waals surface area contributed by atoms with Crippen LogP contribution in [0.25, 0.3) is 11.2 Å². The van der Waals surface area contributed by atoms with Crippen LogP contribution in [0.5, 0.6) is 0 Å². The van der Waals surface area contributed by atoms with Crippen molar-refractivity contribution < 1.29 is 14.3 Å². The summed E-state index contributed by atoms with van der Waals surface area (Å²) >= 11 is 0. The number of anilines is 2. The summed E-state index contributed by atoms with van der Waals surface area (Å²) in [5.41, 5.74) is 8.31. The predicted molar refractivity (Wildman–Crippen MR) is 120 cm³/mol. The number of benzene rings is 1. The molecule has 0 fully saturated rings. The highest BCUT2D eigenvalue weighted by atomic mass is 16.5. The first kappa shape index (κ1) is 22.2. The molecule has 0 aliphatic heterocycles. The number of hydrogen-bond acceptors (Lipinski definition) is 6. The van der Waals surface area contributed by atoms with Gasteiger partial charge in [0.15, 0.2) is 5.65 Å². The van der Waals surface area contributed by atoms with E-state index in [0.717, 1.165) is 6.42 Å². The number of amides is 2. The molecule has 0 saturated heterocycles. The molecule has 3 aromatic rings. The van der Waals surface area contributed by atoms with Gasteiger partial charge in [-0.25, -0.2) is 9.97 Å². The van der Waals surface area contributed by atoms with Gasteiger partial charge in [-0.15, -0.1) is 0 Å². The molecule has 0 unspecified atom stereocenters. The summed E-state index contributed by atoms with van der Waals surface area (Å²) in [4.78, 5) is 36.1. The zero-order chi connectivity index (χ0) is 22.4. The molecule has 0 aliphatic carbocycles. The van der Waals surface area contributed by atoms with E-state index in [1.54, 1.807) is 55.6 Å². The van der Waals surface area contributed by atoms with Crippen LogP contribution in [0.2, 0.25) is 0 Å². The third kappa shape index (κ3) is 5.18. The number of carbonyl (C=O) groups excluding carboxylic acids is 2. The summed E-state index contributed by atoms with van der Waals surface area (Å²) in [6.07, 6.45) is 3.13. The molecule has 0 spiro atoms. The summed E-state index contributed by atoms with van der Waals surface area (Å²) in [6, 6.07) is 8.43. The lowest BCUT2D eigenvalue weighted by molar-refractivity contribution is 0.0794. The summed E-state index contributed by atoms with van der Waals surface area (Å²) in [5, 5.41) is 2.84. The number of nitrogens with zero attached hydrogens (tertiary/aromatic N) is 4. The molecule has 2 aromatic heterocycles. The van der Waals surface area contributed by atoms with Gasteiger partial charge in [0.05, 0.1) is 5.56 Å². The van der Waals surface area contributed by atoms with E-state index in [0.29, 0.717) is 60.0 Å². The normalized spacial score (nSPS) is 10.9. The molecule has 2 amide bonds. The van der Waals surface area contributed by atoms with Crippen molar-refractivity contribution in [2.45, 2.75) is 26.3 Å². The Bertz CT molecular complexity index is 1080. The Balaban J connectivity index is 1.95. The number of ether oxygens (including phenoxy) is 1. The van der Waals surface area contributed by atoms with Gasteiger partial charge in [-0.1, -0.05) is 13.0 Å². The van der Waals surface area contributed by atoms with Gasteiger partial charge in [0.25, 0.3) is 11.8 Å². The van der Waals surface area contributed by atoms with Crippen molar-refractivity contribution >= 4 is 34.6 Å². The highest BCUT2D eigenvalue weighted by Gasteiger charge is 2.18. The van der Waals surface area contributed by atoms with Crippen LogP contribution in [-0.2, 0) is 11.3 Å². The average molecular weight is 425 g/mol. The molecule has 3 N–H and O–H groups in total. The molecule has 0 saturated carbocycles. The number of carbonyl (C=O) groups is 2. The van der Waals surface area contributed by atoms with E-state index in [-0.39, 0.29) is 11.8 Å². The van der Waals surface area contributed by atoms with E-state index in [4.69, 9.17) is 10.5 Å². The van der Waals surface area contributed by atoms with Crippen LogP contribution in [0.15, 0.2) is 36.5 Å². The Morgan fingerprint density at radius 1 is 1.26 bits per heavy atom. The van der Waals surface area contributed by atoms with Crippen LogP contribution in [0.3, 0.4) is 0 Å². The molecular weight excluding hydrogens is 396 g/mol. The van der Waals surface area contributed by atoms with Crippen LogP contribution in [0.4, 0.5) is 11.6 Å². The number of nitrogens with one attached hydrogen (secondary N) is 1. The average Bonchev–Trinajstić information content (AvgIpc) is 3.09. The summed E-state index contributed by atoms with van der Waals surface area (Å²) in [5.74, 6) is -0.0809. The van der Waals surface area contributed by atoms with Crippen molar-refractivity contribution in [3.05, 3.63) is 47.7 Å². The molecule has 2 heterocycles. The highest BCUT2D eigenvalue weighted by molar-refractivity contribution is 6.04. The second-order valence-electron chi connectivity index (χ2n) is 7.31. The minimum atomic E-state index is -0.324. The maximum Gasteiger partial charge on any atom is 0.258 e. The Morgan fingerprint density at radius 3 is 2.77 bits per heavy atom. The first-order chi connectivity index (χ1) is 14.9. The van der Waals surface area contributed by atoms with Crippen molar-refractivity contribution in [3.63, 3.8) is 0 Å². The van der Waals surface area contributed by atoms with Crippen molar-refractivity contribution in [1.82, 2.24) is 19.4 Å². The van der Waals surface area contributed by atoms with E-state index < -0.39 is 0 Å².